The van der Waals surface area contributed by atoms with Crippen LogP contribution in [0.25, 0.3) is 0 Å². The molecule has 1 heterocycles. The fourth-order valence-electron chi connectivity index (χ4n) is 1.15. The van der Waals surface area contributed by atoms with Crippen molar-refractivity contribution < 1.29 is 5.11 Å². The highest BCUT2D eigenvalue weighted by molar-refractivity contribution is 4.92. The minimum atomic E-state index is -0.337. The van der Waals surface area contributed by atoms with E-state index in [-0.39, 0.29) is 6.10 Å². The molecule has 1 aliphatic heterocycles. The zero-order chi connectivity index (χ0) is 7.56. The van der Waals surface area contributed by atoms with Gasteiger partial charge in [0.25, 0.3) is 0 Å². The van der Waals surface area contributed by atoms with Gasteiger partial charge in [0.05, 0.1) is 6.10 Å². The van der Waals surface area contributed by atoms with E-state index < -0.39 is 0 Å². The first kappa shape index (κ1) is 7.76. The van der Waals surface area contributed by atoms with Crippen LogP contribution in [0.5, 0.6) is 0 Å². The van der Waals surface area contributed by atoms with E-state index in [0.717, 1.165) is 19.1 Å². The molecule has 0 radical (unpaired) electrons. The average molecular weight is 141 g/mol. The first-order chi connectivity index (χ1) is 4.77. The van der Waals surface area contributed by atoms with Crippen molar-refractivity contribution in [3.05, 3.63) is 12.7 Å². The molecule has 1 rings (SSSR count). The van der Waals surface area contributed by atoms with Gasteiger partial charge in [0, 0.05) is 19.1 Å². The second-order valence-corrected chi connectivity index (χ2v) is 2.82. The van der Waals surface area contributed by atoms with Gasteiger partial charge in [-0.3, -0.25) is 4.90 Å². The van der Waals surface area contributed by atoms with Crippen molar-refractivity contribution >= 4 is 0 Å². The molecule has 0 amide bonds. The first-order valence-electron chi connectivity index (χ1n) is 3.82. The van der Waals surface area contributed by atoms with Gasteiger partial charge in [-0.25, -0.2) is 0 Å². The Kier molecular flexibility index (Phi) is 2.46. The second-order valence-electron chi connectivity index (χ2n) is 2.82. The molecule has 0 aromatic heterocycles. The maximum Gasteiger partial charge on any atom is 0.0845 e. The van der Waals surface area contributed by atoms with E-state index in [0.29, 0.717) is 0 Å². The molecular formula is C8H15NO. The third-order valence-corrected chi connectivity index (χ3v) is 1.99. The van der Waals surface area contributed by atoms with E-state index >= 15 is 0 Å². The lowest BCUT2D eigenvalue weighted by Crippen LogP contribution is -2.17. The summed E-state index contributed by atoms with van der Waals surface area (Å²) in [5.41, 5.74) is 0. The summed E-state index contributed by atoms with van der Waals surface area (Å²) in [6.45, 7) is 7.61. The minimum absolute atomic E-state index is 0.337. The number of hydrogen-bond donors (Lipinski definition) is 1. The first-order valence-corrected chi connectivity index (χ1v) is 3.82. The highest BCUT2D eigenvalue weighted by atomic mass is 16.3. The molecule has 1 saturated heterocycles. The van der Waals surface area contributed by atoms with Gasteiger partial charge in [0.1, 0.15) is 0 Å². The van der Waals surface area contributed by atoms with Crippen LogP contribution in [0.2, 0.25) is 0 Å². The largest absolute Gasteiger partial charge is 0.388 e. The molecule has 0 spiro atoms. The average Bonchev–Trinajstić information content (AvgIpc) is 2.67. The molecule has 3 atom stereocenters. The molecule has 0 aromatic rings. The standard InChI is InChI=1S/C8H15NO/c1-3-7-5-9(7)6-8(10)4-2/h4,7-8,10H,2-3,5-6H2,1H3/t7-,8-,9?/m1/s1. The van der Waals surface area contributed by atoms with Crippen LogP contribution in [0.4, 0.5) is 0 Å². The van der Waals surface area contributed by atoms with E-state index in [4.69, 9.17) is 5.11 Å². The lowest BCUT2D eigenvalue weighted by Gasteiger charge is -2.05. The van der Waals surface area contributed by atoms with Gasteiger partial charge < -0.3 is 5.11 Å². The predicted molar refractivity (Wildman–Crippen MR) is 41.9 cm³/mol. The quantitative estimate of drug-likeness (QED) is 0.458. The Morgan fingerprint density at radius 2 is 2.60 bits per heavy atom. The highest BCUT2D eigenvalue weighted by Crippen LogP contribution is 2.20. The van der Waals surface area contributed by atoms with Crippen molar-refractivity contribution in [1.29, 1.82) is 0 Å². The Balaban J connectivity index is 2.11. The van der Waals surface area contributed by atoms with Gasteiger partial charge in [0.15, 0.2) is 0 Å². The van der Waals surface area contributed by atoms with Crippen LogP contribution in [0.15, 0.2) is 12.7 Å². The lowest BCUT2D eigenvalue weighted by atomic mass is 10.3. The smallest absolute Gasteiger partial charge is 0.0845 e. The van der Waals surface area contributed by atoms with Crippen LogP contribution in [0.3, 0.4) is 0 Å². The molecule has 0 aromatic carbocycles. The van der Waals surface area contributed by atoms with Crippen LogP contribution >= 0.6 is 0 Å². The Bertz CT molecular complexity index is 124. The molecule has 0 saturated carbocycles. The minimum Gasteiger partial charge on any atom is -0.388 e. The summed E-state index contributed by atoms with van der Waals surface area (Å²) < 4.78 is 0. The molecule has 1 unspecified atom stereocenters. The molecular weight excluding hydrogens is 126 g/mol. The fourth-order valence-corrected chi connectivity index (χ4v) is 1.15. The molecule has 2 heteroatoms. The van der Waals surface area contributed by atoms with E-state index in [9.17, 15) is 0 Å². The summed E-state index contributed by atoms with van der Waals surface area (Å²) in [5.74, 6) is 0. The van der Waals surface area contributed by atoms with E-state index in [1.54, 1.807) is 6.08 Å². The third kappa shape index (κ3) is 1.82. The van der Waals surface area contributed by atoms with Crippen LogP contribution in [-0.2, 0) is 0 Å². The summed E-state index contributed by atoms with van der Waals surface area (Å²) >= 11 is 0. The third-order valence-electron chi connectivity index (χ3n) is 1.99. The van der Waals surface area contributed by atoms with Crippen LogP contribution in [0, 0.1) is 0 Å². The number of aliphatic hydroxyl groups excluding tert-OH is 1. The normalized spacial score (nSPS) is 33.4. The van der Waals surface area contributed by atoms with E-state index in [2.05, 4.69) is 18.4 Å². The Morgan fingerprint density at radius 1 is 1.90 bits per heavy atom. The molecule has 0 bridgehead atoms. The molecule has 1 fully saturated rings. The van der Waals surface area contributed by atoms with Crippen molar-refractivity contribution in [3.8, 4) is 0 Å². The van der Waals surface area contributed by atoms with Crippen molar-refractivity contribution in [1.82, 2.24) is 4.90 Å². The van der Waals surface area contributed by atoms with E-state index in [1.807, 2.05) is 0 Å². The number of rotatable bonds is 4. The van der Waals surface area contributed by atoms with Gasteiger partial charge in [-0.2, -0.15) is 0 Å². The Hall–Kier alpha value is -0.340. The summed E-state index contributed by atoms with van der Waals surface area (Å²) in [6, 6.07) is 0.731. The van der Waals surface area contributed by atoms with Crippen molar-refractivity contribution in [2.75, 3.05) is 13.1 Å². The monoisotopic (exact) mass is 141 g/mol. The Morgan fingerprint density at radius 3 is 3.00 bits per heavy atom. The Labute approximate surface area is 62.2 Å². The van der Waals surface area contributed by atoms with Crippen molar-refractivity contribution in [3.63, 3.8) is 0 Å². The zero-order valence-electron chi connectivity index (χ0n) is 6.45. The summed E-state index contributed by atoms with van der Waals surface area (Å²) in [4.78, 5) is 2.26. The van der Waals surface area contributed by atoms with Crippen LogP contribution in [-0.4, -0.2) is 35.2 Å². The van der Waals surface area contributed by atoms with Gasteiger partial charge in [-0.1, -0.05) is 13.0 Å². The molecule has 0 aliphatic carbocycles. The molecule has 58 valence electrons. The number of aliphatic hydroxyl groups is 1. The van der Waals surface area contributed by atoms with Gasteiger partial charge in [-0.05, 0) is 6.42 Å². The summed E-state index contributed by atoms with van der Waals surface area (Å²) in [5, 5.41) is 9.12. The number of hydrogen-bond acceptors (Lipinski definition) is 2. The lowest BCUT2D eigenvalue weighted by molar-refractivity contribution is 0.195. The molecule has 1 aliphatic rings. The van der Waals surface area contributed by atoms with Crippen molar-refractivity contribution in [2.24, 2.45) is 0 Å². The van der Waals surface area contributed by atoms with Gasteiger partial charge >= 0.3 is 0 Å². The molecule has 2 nitrogen and oxygen atoms in total. The highest BCUT2D eigenvalue weighted by Gasteiger charge is 2.32. The zero-order valence-corrected chi connectivity index (χ0v) is 6.45. The van der Waals surface area contributed by atoms with E-state index in [1.165, 1.54) is 6.42 Å². The summed E-state index contributed by atoms with van der Waals surface area (Å²) in [7, 11) is 0. The van der Waals surface area contributed by atoms with Gasteiger partial charge in [0.2, 0.25) is 0 Å². The molecule has 10 heavy (non-hydrogen) atoms. The SMILES string of the molecule is C=C[C@@H](O)CN1C[C@H]1CC. The fraction of sp³-hybridized carbons (Fsp3) is 0.750. The maximum atomic E-state index is 9.12. The number of nitrogens with zero attached hydrogens (tertiary/aromatic N) is 1. The number of β-amino-alcohol motifs (C(OH)–C–C–N with tert-alkyl or cyclic N) is 1. The molecule has 1 N–H and O–H groups in total. The topological polar surface area (TPSA) is 23.2 Å². The van der Waals surface area contributed by atoms with Gasteiger partial charge in [-0.15, -0.1) is 6.58 Å². The maximum absolute atomic E-state index is 9.12. The van der Waals surface area contributed by atoms with Crippen LogP contribution in [0.1, 0.15) is 13.3 Å². The predicted octanol–water partition coefficient (Wildman–Crippen LogP) is 0.627. The summed E-state index contributed by atoms with van der Waals surface area (Å²) in [6.07, 6.45) is 2.45. The van der Waals surface area contributed by atoms with Crippen molar-refractivity contribution in [2.45, 2.75) is 25.5 Å². The second kappa shape index (κ2) is 3.17. The van der Waals surface area contributed by atoms with Crippen LogP contribution < -0.4 is 0 Å².